The van der Waals surface area contributed by atoms with Crippen LogP contribution in [0.2, 0.25) is 0 Å². The van der Waals surface area contributed by atoms with Crippen LogP contribution in [0.4, 0.5) is 11.9 Å². The highest BCUT2D eigenvalue weighted by Gasteiger charge is 2.22. The van der Waals surface area contributed by atoms with Crippen molar-refractivity contribution in [1.82, 2.24) is 15.0 Å². The highest BCUT2D eigenvalue weighted by molar-refractivity contribution is 5.39. The van der Waals surface area contributed by atoms with Crippen LogP contribution in [0.15, 0.2) is 0 Å². The number of ether oxygens (including phenoxy) is 1. The maximum Gasteiger partial charge on any atom is 0.322 e. The first-order chi connectivity index (χ1) is 9.24. The Bertz CT molecular complexity index is 412. The monoisotopic (exact) mass is 265 g/mol. The minimum absolute atomic E-state index is 0.376. The number of rotatable bonds is 5. The number of nitrogens with one attached hydrogen (secondary N) is 1. The molecule has 2 heterocycles. The average Bonchev–Trinajstić information content (AvgIpc) is 2.45. The highest BCUT2D eigenvalue weighted by atomic mass is 16.5. The third kappa shape index (κ3) is 3.45. The quantitative estimate of drug-likeness (QED) is 0.879. The van der Waals surface area contributed by atoms with Crippen molar-refractivity contribution in [2.24, 2.45) is 0 Å². The molecular formula is C13H23N5O. The maximum atomic E-state index is 5.17. The maximum absolute atomic E-state index is 5.17. The van der Waals surface area contributed by atoms with Crippen LogP contribution in [-0.2, 0) is 0 Å². The highest BCUT2D eigenvalue weighted by Crippen LogP contribution is 2.23. The first kappa shape index (κ1) is 13.8. The van der Waals surface area contributed by atoms with E-state index < -0.39 is 0 Å². The number of hydrogen-bond acceptors (Lipinski definition) is 6. The number of aromatic nitrogens is 3. The Balaban J connectivity index is 2.22. The van der Waals surface area contributed by atoms with Crippen molar-refractivity contribution in [2.75, 3.05) is 30.4 Å². The molecular weight excluding hydrogens is 242 g/mol. The second-order valence-electron chi connectivity index (χ2n) is 4.91. The molecule has 1 fully saturated rings. The zero-order valence-electron chi connectivity index (χ0n) is 12.0. The van der Waals surface area contributed by atoms with Crippen LogP contribution in [0.3, 0.4) is 0 Å². The van der Waals surface area contributed by atoms with Crippen molar-refractivity contribution < 1.29 is 4.74 Å². The van der Waals surface area contributed by atoms with Crippen molar-refractivity contribution in [1.29, 1.82) is 0 Å². The SMILES string of the molecule is CCCNc1nc(OC)nc(N2CCCCC2C)n1. The van der Waals surface area contributed by atoms with Gasteiger partial charge in [0.05, 0.1) is 7.11 Å². The normalized spacial score (nSPS) is 19.3. The van der Waals surface area contributed by atoms with Gasteiger partial charge in [0, 0.05) is 19.1 Å². The number of piperidine rings is 1. The minimum Gasteiger partial charge on any atom is -0.467 e. The fourth-order valence-electron chi connectivity index (χ4n) is 2.28. The lowest BCUT2D eigenvalue weighted by Gasteiger charge is -2.33. The summed E-state index contributed by atoms with van der Waals surface area (Å²) >= 11 is 0. The molecule has 1 aliphatic rings. The molecule has 106 valence electrons. The lowest BCUT2D eigenvalue weighted by molar-refractivity contribution is 0.376. The molecule has 1 aromatic rings. The second-order valence-corrected chi connectivity index (χ2v) is 4.91. The van der Waals surface area contributed by atoms with Crippen LogP contribution in [0.1, 0.15) is 39.5 Å². The van der Waals surface area contributed by atoms with Gasteiger partial charge in [0.1, 0.15) is 0 Å². The van der Waals surface area contributed by atoms with Gasteiger partial charge in [0.15, 0.2) is 0 Å². The Labute approximate surface area is 114 Å². The van der Waals surface area contributed by atoms with E-state index in [2.05, 4.69) is 39.0 Å². The number of methoxy groups -OCH3 is 1. The molecule has 1 N–H and O–H groups in total. The van der Waals surface area contributed by atoms with Gasteiger partial charge in [-0.3, -0.25) is 0 Å². The zero-order chi connectivity index (χ0) is 13.7. The molecule has 0 spiro atoms. The summed E-state index contributed by atoms with van der Waals surface area (Å²) in [5, 5.41) is 3.19. The van der Waals surface area contributed by atoms with E-state index in [-0.39, 0.29) is 0 Å². The molecule has 1 aromatic heterocycles. The van der Waals surface area contributed by atoms with E-state index in [9.17, 15) is 0 Å². The summed E-state index contributed by atoms with van der Waals surface area (Å²) in [7, 11) is 1.59. The topological polar surface area (TPSA) is 63.2 Å². The molecule has 0 aliphatic carbocycles. The molecule has 1 saturated heterocycles. The lowest BCUT2D eigenvalue weighted by Crippen LogP contribution is -2.38. The van der Waals surface area contributed by atoms with Crippen LogP contribution >= 0.6 is 0 Å². The second kappa shape index (κ2) is 6.54. The van der Waals surface area contributed by atoms with Gasteiger partial charge in [-0.1, -0.05) is 6.92 Å². The molecule has 0 aromatic carbocycles. The molecule has 2 rings (SSSR count). The Morgan fingerprint density at radius 2 is 2.16 bits per heavy atom. The molecule has 0 radical (unpaired) electrons. The zero-order valence-corrected chi connectivity index (χ0v) is 12.0. The molecule has 0 bridgehead atoms. The molecule has 1 atom stereocenters. The van der Waals surface area contributed by atoms with E-state index >= 15 is 0 Å². The summed E-state index contributed by atoms with van der Waals surface area (Å²) < 4.78 is 5.17. The first-order valence-electron chi connectivity index (χ1n) is 7.05. The van der Waals surface area contributed by atoms with Crippen molar-refractivity contribution in [3.05, 3.63) is 0 Å². The standard InChI is InChI=1S/C13H23N5O/c1-4-8-14-11-15-12(17-13(16-11)19-3)18-9-6-5-7-10(18)2/h10H,4-9H2,1-3H3,(H,14,15,16,17). The molecule has 6 heteroatoms. The van der Waals surface area contributed by atoms with Gasteiger partial charge in [0.2, 0.25) is 11.9 Å². The van der Waals surface area contributed by atoms with Crippen LogP contribution in [0.5, 0.6) is 6.01 Å². The third-order valence-corrected chi connectivity index (χ3v) is 3.38. The number of nitrogens with zero attached hydrogens (tertiary/aromatic N) is 4. The van der Waals surface area contributed by atoms with Gasteiger partial charge >= 0.3 is 6.01 Å². The van der Waals surface area contributed by atoms with Gasteiger partial charge < -0.3 is 15.0 Å². The molecule has 19 heavy (non-hydrogen) atoms. The fraction of sp³-hybridized carbons (Fsp3) is 0.769. The van der Waals surface area contributed by atoms with Gasteiger partial charge in [-0.15, -0.1) is 0 Å². The van der Waals surface area contributed by atoms with Crippen LogP contribution in [-0.4, -0.2) is 41.2 Å². The van der Waals surface area contributed by atoms with Gasteiger partial charge in [-0.2, -0.15) is 15.0 Å². The molecule has 0 amide bonds. The Hall–Kier alpha value is -1.59. The van der Waals surface area contributed by atoms with Gasteiger partial charge in [-0.25, -0.2) is 0 Å². The van der Waals surface area contributed by atoms with Crippen molar-refractivity contribution in [3.8, 4) is 6.01 Å². The Morgan fingerprint density at radius 1 is 1.32 bits per heavy atom. The van der Waals surface area contributed by atoms with E-state index in [1.165, 1.54) is 19.3 Å². The van der Waals surface area contributed by atoms with E-state index in [0.717, 1.165) is 25.5 Å². The van der Waals surface area contributed by atoms with Gasteiger partial charge in [0.25, 0.3) is 0 Å². The average molecular weight is 265 g/mol. The third-order valence-electron chi connectivity index (χ3n) is 3.38. The van der Waals surface area contributed by atoms with Crippen LogP contribution < -0.4 is 15.0 Å². The van der Waals surface area contributed by atoms with Gasteiger partial charge in [-0.05, 0) is 32.6 Å². The van der Waals surface area contributed by atoms with Crippen LogP contribution in [0.25, 0.3) is 0 Å². The minimum atomic E-state index is 0.376. The van der Waals surface area contributed by atoms with Crippen molar-refractivity contribution >= 4 is 11.9 Å². The summed E-state index contributed by atoms with van der Waals surface area (Å²) in [6.07, 6.45) is 4.69. The summed E-state index contributed by atoms with van der Waals surface area (Å²) in [6, 6.07) is 0.848. The summed E-state index contributed by atoms with van der Waals surface area (Å²) in [4.78, 5) is 15.3. The van der Waals surface area contributed by atoms with E-state index in [1.807, 2.05) is 0 Å². The van der Waals surface area contributed by atoms with Crippen molar-refractivity contribution in [2.45, 2.75) is 45.6 Å². The van der Waals surface area contributed by atoms with E-state index in [1.54, 1.807) is 7.11 Å². The molecule has 0 saturated carbocycles. The van der Waals surface area contributed by atoms with E-state index in [4.69, 9.17) is 4.74 Å². The summed E-state index contributed by atoms with van der Waals surface area (Å²) in [5.41, 5.74) is 0. The number of hydrogen-bond donors (Lipinski definition) is 1. The van der Waals surface area contributed by atoms with Crippen molar-refractivity contribution in [3.63, 3.8) is 0 Å². The predicted octanol–water partition coefficient (Wildman–Crippen LogP) is 2.08. The summed E-state index contributed by atoms with van der Waals surface area (Å²) in [6.45, 7) is 6.18. The Morgan fingerprint density at radius 3 is 2.84 bits per heavy atom. The lowest BCUT2D eigenvalue weighted by atomic mass is 10.0. The van der Waals surface area contributed by atoms with E-state index in [0.29, 0.717) is 18.0 Å². The fourth-order valence-corrected chi connectivity index (χ4v) is 2.28. The Kier molecular flexibility index (Phi) is 4.76. The molecule has 1 aliphatic heterocycles. The summed E-state index contributed by atoms with van der Waals surface area (Å²) in [5.74, 6) is 1.32. The largest absolute Gasteiger partial charge is 0.467 e. The first-order valence-corrected chi connectivity index (χ1v) is 7.05. The number of anilines is 2. The molecule has 1 unspecified atom stereocenters. The van der Waals surface area contributed by atoms with Crippen LogP contribution in [0, 0.1) is 0 Å². The smallest absolute Gasteiger partial charge is 0.322 e. The predicted molar refractivity (Wildman–Crippen MR) is 75.8 cm³/mol. The molecule has 6 nitrogen and oxygen atoms in total.